The molecule has 0 aromatic heterocycles. The van der Waals surface area contributed by atoms with E-state index in [1.165, 1.54) is 16.4 Å². The molecule has 1 fully saturated rings. The summed E-state index contributed by atoms with van der Waals surface area (Å²) >= 11 is 0. The van der Waals surface area contributed by atoms with Gasteiger partial charge in [0.15, 0.2) is 0 Å². The third kappa shape index (κ3) is 4.99. The fourth-order valence-electron chi connectivity index (χ4n) is 2.58. The van der Waals surface area contributed by atoms with Crippen molar-refractivity contribution in [2.24, 2.45) is 0 Å². The lowest BCUT2D eigenvalue weighted by molar-refractivity contribution is -0.148. The summed E-state index contributed by atoms with van der Waals surface area (Å²) in [4.78, 5) is 13.7. The van der Waals surface area contributed by atoms with Crippen molar-refractivity contribution in [1.82, 2.24) is 9.21 Å². The maximum atomic E-state index is 13.0. The van der Waals surface area contributed by atoms with Gasteiger partial charge < -0.3 is 4.74 Å². The van der Waals surface area contributed by atoms with Gasteiger partial charge in [-0.25, -0.2) is 12.8 Å². The van der Waals surface area contributed by atoms with Gasteiger partial charge in [-0.3, -0.25) is 9.69 Å². The zero-order chi connectivity index (χ0) is 17.7. The monoisotopic (exact) mass is 358 g/mol. The Morgan fingerprint density at radius 3 is 2.46 bits per heavy atom. The van der Waals surface area contributed by atoms with Gasteiger partial charge in [0.1, 0.15) is 5.82 Å². The van der Waals surface area contributed by atoms with E-state index in [-0.39, 0.29) is 30.1 Å². The minimum absolute atomic E-state index is 0.0802. The maximum absolute atomic E-state index is 13.0. The summed E-state index contributed by atoms with van der Waals surface area (Å²) in [5.74, 6) is -0.778. The van der Waals surface area contributed by atoms with Crippen molar-refractivity contribution in [2.75, 3.05) is 32.7 Å². The van der Waals surface area contributed by atoms with Crippen LogP contribution in [0, 0.1) is 5.82 Å². The van der Waals surface area contributed by atoms with Crippen molar-refractivity contribution in [2.45, 2.75) is 31.3 Å². The molecule has 134 valence electrons. The smallest absolute Gasteiger partial charge is 0.320 e. The molecule has 0 aliphatic carbocycles. The second-order valence-corrected chi connectivity index (χ2v) is 7.96. The number of hydrogen-bond donors (Lipinski definition) is 0. The van der Waals surface area contributed by atoms with E-state index in [9.17, 15) is 17.6 Å². The van der Waals surface area contributed by atoms with Gasteiger partial charge in [-0.15, -0.1) is 0 Å². The van der Waals surface area contributed by atoms with Gasteiger partial charge in [0.2, 0.25) is 10.0 Å². The summed E-state index contributed by atoms with van der Waals surface area (Å²) in [7, 11) is -3.65. The van der Waals surface area contributed by atoms with E-state index in [0.29, 0.717) is 26.1 Å². The molecule has 8 heteroatoms. The Hall–Kier alpha value is -1.51. The highest BCUT2D eigenvalue weighted by Gasteiger charge is 2.27. The number of carbonyl (C=O) groups excluding carboxylic acids is 1. The molecule has 24 heavy (non-hydrogen) atoms. The fourth-order valence-corrected chi connectivity index (χ4v) is 4.05. The van der Waals surface area contributed by atoms with Crippen molar-refractivity contribution in [1.29, 1.82) is 0 Å². The summed E-state index contributed by atoms with van der Waals surface area (Å²) < 4.78 is 44.7. The number of esters is 1. The average molecular weight is 358 g/mol. The molecule has 0 saturated carbocycles. The molecule has 0 unspecified atom stereocenters. The van der Waals surface area contributed by atoms with Crippen molar-refractivity contribution in [3.05, 3.63) is 30.1 Å². The molecule has 1 aliphatic heterocycles. The van der Waals surface area contributed by atoms with Crippen LogP contribution in [-0.4, -0.2) is 62.4 Å². The number of halogens is 1. The second-order valence-electron chi connectivity index (χ2n) is 6.03. The fraction of sp³-hybridized carbons (Fsp3) is 0.562. The first-order chi connectivity index (χ1) is 11.3. The number of hydrogen-bond acceptors (Lipinski definition) is 5. The lowest BCUT2D eigenvalue weighted by Crippen LogP contribution is -2.37. The number of carbonyl (C=O) groups is 1. The van der Waals surface area contributed by atoms with Gasteiger partial charge in [0.25, 0.3) is 0 Å². The van der Waals surface area contributed by atoms with Crippen molar-refractivity contribution in [3.63, 3.8) is 0 Å². The highest BCUT2D eigenvalue weighted by molar-refractivity contribution is 7.89. The highest BCUT2D eigenvalue weighted by Crippen LogP contribution is 2.18. The van der Waals surface area contributed by atoms with Gasteiger partial charge in [-0.1, -0.05) is 0 Å². The van der Waals surface area contributed by atoms with Gasteiger partial charge in [0, 0.05) is 26.2 Å². The van der Waals surface area contributed by atoms with Crippen LogP contribution < -0.4 is 0 Å². The summed E-state index contributed by atoms with van der Waals surface area (Å²) in [5.41, 5.74) is 0. The van der Waals surface area contributed by atoms with E-state index in [1.54, 1.807) is 13.8 Å². The molecule has 2 rings (SSSR count). The molecule has 0 amide bonds. The summed E-state index contributed by atoms with van der Waals surface area (Å²) in [6.07, 6.45) is 0.454. The second kappa shape index (κ2) is 8.04. The van der Waals surface area contributed by atoms with E-state index in [4.69, 9.17) is 4.74 Å². The molecular formula is C16H23FN2O4S. The molecule has 1 aliphatic rings. The molecule has 0 spiro atoms. The first kappa shape index (κ1) is 18.8. The van der Waals surface area contributed by atoms with Crippen LogP contribution in [0.1, 0.15) is 20.3 Å². The van der Waals surface area contributed by atoms with Crippen LogP contribution in [0.25, 0.3) is 0 Å². The Labute approximate surface area is 142 Å². The van der Waals surface area contributed by atoms with E-state index in [0.717, 1.165) is 12.1 Å². The molecular weight excluding hydrogens is 335 g/mol. The molecule has 1 heterocycles. The highest BCUT2D eigenvalue weighted by atomic mass is 32.2. The van der Waals surface area contributed by atoms with E-state index in [2.05, 4.69) is 0 Å². The van der Waals surface area contributed by atoms with Crippen LogP contribution in [0.4, 0.5) is 4.39 Å². The molecule has 1 aromatic rings. The molecule has 1 aromatic carbocycles. The Bertz CT molecular complexity index is 661. The van der Waals surface area contributed by atoms with E-state index >= 15 is 0 Å². The van der Waals surface area contributed by atoms with E-state index < -0.39 is 15.8 Å². The normalized spacial score (nSPS) is 17.7. The Morgan fingerprint density at radius 1 is 1.17 bits per heavy atom. The first-order valence-electron chi connectivity index (χ1n) is 7.96. The predicted octanol–water partition coefficient (Wildman–Crippen LogP) is 1.47. The largest absolute Gasteiger partial charge is 0.462 e. The van der Waals surface area contributed by atoms with Crippen molar-refractivity contribution < 1.29 is 22.3 Å². The predicted molar refractivity (Wildman–Crippen MR) is 87.4 cm³/mol. The van der Waals surface area contributed by atoms with Gasteiger partial charge in [-0.05, 0) is 44.5 Å². The molecule has 0 bridgehead atoms. The number of ether oxygens (including phenoxy) is 1. The van der Waals surface area contributed by atoms with Gasteiger partial charge >= 0.3 is 5.97 Å². The zero-order valence-corrected chi connectivity index (χ0v) is 14.8. The third-order valence-corrected chi connectivity index (χ3v) is 5.63. The average Bonchev–Trinajstić information content (AvgIpc) is 2.73. The topological polar surface area (TPSA) is 66.9 Å². The minimum atomic E-state index is -3.65. The first-order valence-corrected chi connectivity index (χ1v) is 9.40. The lowest BCUT2D eigenvalue weighted by Gasteiger charge is -2.21. The maximum Gasteiger partial charge on any atom is 0.320 e. The summed E-state index contributed by atoms with van der Waals surface area (Å²) in [6.45, 7) is 5.47. The SMILES string of the molecule is CC(C)OC(=O)CN1CCCN(S(=O)(=O)c2ccc(F)cc2)CC1. The van der Waals surface area contributed by atoms with Gasteiger partial charge in [-0.2, -0.15) is 4.31 Å². The molecule has 6 nitrogen and oxygen atoms in total. The number of nitrogens with zero attached hydrogens (tertiary/aromatic N) is 2. The van der Waals surface area contributed by atoms with Crippen LogP contribution in [-0.2, 0) is 19.6 Å². The van der Waals surface area contributed by atoms with Crippen LogP contribution in [0.2, 0.25) is 0 Å². The van der Waals surface area contributed by atoms with Crippen LogP contribution in [0.3, 0.4) is 0 Å². The quantitative estimate of drug-likeness (QED) is 0.746. The Morgan fingerprint density at radius 2 is 1.83 bits per heavy atom. The van der Waals surface area contributed by atoms with Crippen LogP contribution in [0.15, 0.2) is 29.2 Å². The van der Waals surface area contributed by atoms with Crippen LogP contribution in [0.5, 0.6) is 0 Å². The number of benzene rings is 1. The summed E-state index contributed by atoms with van der Waals surface area (Å²) in [6, 6.07) is 4.82. The molecule has 0 N–H and O–H groups in total. The Kier molecular flexibility index (Phi) is 6.31. The zero-order valence-electron chi connectivity index (χ0n) is 13.9. The number of rotatable bonds is 5. The van der Waals surface area contributed by atoms with Gasteiger partial charge in [0.05, 0.1) is 17.5 Å². The standard InChI is InChI=1S/C16H23FN2O4S/c1-13(2)23-16(20)12-18-8-3-9-19(11-10-18)24(21,22)15-6-4-14(17)5-7-15/h4-7,13H,3,8-12H2,1-2H3. The molecule has 1 saturated heterocycles. The van der Waals surface area contributed by atoms with Crippen LogP contribution >= 0.6 is 0 Å². The van der Waals surface area contributed by atoms with Crippen molar-refractivity contribution >= 4 is 16.0 Å². The number of sulfonamides is 1. The molecule has 0 radical (unpaired) electrons. The third-order valence-electron chi connectivity index (χ3n) is 3.72. The lowest BCUT2D eigenvalue weighted by atomic mass is 10.4. The van der Waals surface area contributed by atoms with Crippen molar-refractivity contribution in [3.8, 4) is 0 Å². The Balaban J connectivity index is 1.99. The minimum Gasteiger partial charge on any atom is -0.462 e. The molecule has 0 atom stereocenters. The summed E-state index contributed by atoms with van der Waals surface area (Å²) in [5, 5.41) is 0. The van der Waals surface area contributed by atoms with E-state index in [1.807, 2.05) is 4.90 Å².